The summed E-state index contributed by atoms with van der Waals surface area (Å²) in [5, 5.41) is 3.42. The molecule has 0 heterocycles. The summed E-state index contributed by atoms with van der Waals surface area (Å²) < 4.78 is 19.8. The van der Waals surface area contributed by atoms with Crippen LogP contribution >= 0.6 is 15.9 Å². The summed E-state index contributed by atoms with van der Waals surface area (Å²) in [4.78, 5) is 0. The van der Waals surface area contributed by atoms with Crippen molar-refractivity contribution < 1.29 is 9.13 Å². The Morgan fingerprint density at radius 1 is 1.37 bits per heavy atom. The number of benzene rings is 1. The summed E-state index contributed by atoms with van der Waals surface area (Å²) in [7, 11) is 0. The summed E-state index contributed by atoms with van der Waals surface area (Å²) in [6.07, 6.45) is 5.57. The molecule has 1 fully saturated rings. The van der Waals surface area contributed by atoms with Crippen LogP contribution in [0.3, 0.4) is 0 Å². The molecule has 1 aliphatic carbocycles. The highest BCUT2D eigenvalue weighted by atomic mass is 79.9. The maximum absolute atomic E-state index is 13.2. The van der Waals surface area contributed by atoms with E-state index in [9.17, 15) is 4.39 Å². The number of nitrogens with one attached hydrogen (secondary N) is 1. The monoisotopic (exact) mass is 329 g/mol. The van der Waals surface area contributed by atoms with Crippen LogP contribution in [0.25, 0.3) is 0 Å². The molecular formula is C15H21BrFNO. The highest BCUT2D eigenvalue weighted by Gasteiger charge is 2.38. The van der Waals surface area contributed by atoms with Crippen molar-refractivity contribution in [3.8, 4) is 5.75 Å². The average Bonchev–Trinajstić information content (AvgIpc) is 2.35. The fourth-order valence-electron chi connectivity index (χ4n) is 2.38. The zero-order chi connectivity index (χ0) is 13.7. The van der Waals surface area contributed by atoms with Gasteiger partial charge in [0, 0.05) is 0 Å². The summed E-state index contributed by atoms with van der Waals surface area (Å²) in [6.45, 7) is 4.20. The minimum Gasteiger partial charge on any atom is -0.487 e. The molecule has 0 aliphatic heterocycles. The van der Waals surface area contributed by atoms with Gasteiger partial charge in [0.1, 0.15) is 17.2 Å². The molecule has 19 heavy (non-hydrogen) atoms. The Balaban J connectivity index is 1.92. The normalized spacial score (nSPS) is 17.0. The minimum atomic E-state index is -0.250. The van der Waals surface area contributed by atoms with Gasteiger partial charge in [0.05, 0.1) is 4.47 Å². The van der Waals surface area contributed by atoms with Gasteiger partial charge in [-0.3, -0.25) is 0 Å². The standard InChI is InChI=1S/C15H21BrFNO/c1-2-9-18-10-8-15(6-3-7-15)19-12-4-5-14(17)13(16)11-12/h4-5,11,18H,2-3,6-10H2,1H3. The van der Waals surface area contributed by atoms with Gasteiger partial charge in [0.15, 0.2) is 0 Å². The predicted molar refractivity (Wildman–Crippen MR) is 79.1 cm³/mol. The Kier molecular flexibility index (Phi) is 5.22. The van der Waals surface area contributed by atoms with Crippen molar-refractivity contribution in [2.24, 2.45) is 0 Å². The lowest BCUT2D eigenvalue weighted by Gasteiger charge is -2.42. The molecule has 0 unspecified atom stereocenters. The van der Waals surface area contributed by atoms with E-state index in [1.807, 2.05) is 0 Å². The molecule has 1 aliphatic rings. The van der Waals surface area contributed by atoms with Gasteiger partial charge in [0.25, 0.3) is 0 Å². The summed E-state index contributed by atoms with van der Waals surface area (Å²) in [5.41, 5.74) is -0.0436. The Morgan fingerprint density at radius 3 is 2.74 bits per heavy atom. The lowest BCUT2D eigenvalue weighted by Crippen LogP contribution is -2.45. The van der Waals surface area contributed by atoms with Crippen molar-refractivity contribution in [2.75, 3.05) is 13.1 Å². The molecule has 106 valence electrons. The molecule has 2 rings (SSSR count). The van der Waals surface area contributed by atoms with E-state index in [1.165, 1.54) is 12.5 Å². The third kappa shape index (κ3) is 3.93. The van der Waals surface area contributed by atoms with Crippen molar-refractivity contribution in [3.63, 3.8) is 0 Å². The van der Waals surface area contributed by atoms with E-state index in [2.05, 4.69) is 28.2 Å². The molecule has 1 aromatic carbocycles. The number of ether oxygens (including phenoxy) is 1. The predicted octanol–water partition coefficient (Wildman–Crippen LogP) is 4.28. The fraction of sp³-hybridized carbons (Fsp3) is 0.600. The summed E-state index contributed by atoms with van der Waals surface area (Å²) in [6, 6.07) is 4.87. The Hall–Kier alpha value is -0.610. The lowest BCUT2D eigenvalue weighted by atomic mass is 9.77. The number of hydrogen-bond acceptors (Lipinski definition) is 2. The zero-order valence-electron chi connectivity index (χ0n) is 11.3. The number of rotatable bonds is 7. The van der Waals surface area contributed by atoms with E-state index in [0.717, 1.165) is 44.5 Å². The molecule has 0 saturated heterocycles. The molecule has 0 radical (unpaired) electrons. The molecule has 2 nitrogen and oxygen atoms in total. The van der Waals surface area contributed by atoms with Gasteiger partial charge >= 0.3 is 0 Å². The molecule has 0 atom stereocenters. The third-order valence-corrected chi connectivity index (χ3v) is 4.28. The third-order valence-electron chi connectivity index (χ3n) is 3.67. The van der Waals surface area contributed by atoms with Crippen molar-refractivity contribution >= 4 is 15.9 Å². The first-order valence-corrected chi connectivity index (χ1v) is 7.79. The van der Waals surface area contributed by atoms with Gasteiger partial charge in [-0.2, -0.15) is 0 Å². The smallest absolute Gasteiger partial charge is 0.137 e. The number of hydrogen-bond donors (Lipinski definition) is 1. The van der Waals surface area contributed by atoms with Crippen LogP contribution in [0.1, 0.15) is 39.0 Å². The molecule has 1 N–H and O–H groups in total. The van der Waals surface area contributed by atoms with Gasteiger partial charge in [-0.05, 0) is 79.3 Å². The molecule has 1 aromatic rings. The van der Waals surface area contributed by atoms with Crippen LogP contribution in [-0.2, 0) is 0 Å². The van der Waals surface area contributed by atoms with Gasteiger partial charge in [-0.1, -0.05) is 6.92 Å². The SMILES string of the molecule is CCCNCCC1(Oc2ccc(F)c(Br)c2)CCC1. The van der Waals surface area contributed by atoms with E-state index < -0.39 is 0 Å². The maximum atomic E-state index is 13.2. The maximum Gasteiger partial charge on any atom is 0.137 e. The molecule has 4 heteroatoms. The van der Waals surface area contributed by atoms with E-state index in [0.29, 0.717) is 4.47 Å². The first kappa shape index (κ1) is 14.8. The van der Waals surface area contributed by atoms with E-state index >= 15 is 0 Å². The first-order valence-electron chi connectivity index (χ1n) is 7.00. The molecule has 0 spiro atoms. The number of halogens is 2. The Labute approximate surface area is 122 Å². The molecule has 0 amide bonds. The zero-order valence-corrected chi connectivity index (χ0v) is 12.9. The van der Waals surface area contributed by atoms with E-state index in [1.54, 1.807) is 12.1 Å². The van der Waals surface area contributed by atoms with Gasteiger partial charge < -0.3 is 10.1 Å². The highest BCUT2D eigenvalue weighted by molar-refractivity contribution is 9.10. The average molecular weight is 330 g/mol. The molecule has 1 saturated carbocycles. The second-order valence-electron chi connectivity index (χ2n) is 5.21. The quantitative estimate of drug-likeness (QED) is 0.754. The summed E-state index contributed by atoms with van der Waals surface area (Å²) in [5.74, 6) is 0.503. The largest absolute Gasteiger partial charge is 0.487 e. The van der Waals surface area contributed by atoms with Gasteiger partial charge in [-0.25, -0.2) is 4.39 Å². The van der Waals surface area contributed by atoms with Crippen LogP contribution in [0.5, 0.6) is 5.75 Å². The van der Waals surface area contributed by atoms with Crippen molar-refractivity contribution in [1.29, 1.82) is 0 Å². The Morgan fingerprint density at radius 2 is 2.16 bits per heavy atom. The van der Waals surface area contributed by atoms with Crippen LogP contribution in [0.4, 0.5) is 4.39 Å². The lowest BCUT2D eigenvalue weighted by molar-refractivity contribution is -0.0143. The van der Waals surface area contributed by atoms with Crippen LogP contribution in [0, 0.1) is 5.82 Å². The van der Waals surface area contributed by atoms with E-state index in [4.69, 9.17) is 4.74 Å². The molecule has 0 aromatic heterocycles. The van der Waals surface area contributed by atoms with Crippen LogP contribution in [0.15, 0.2) is 22.7 Å². The van der Waals surface area contributed by atoms with Crippen LogP contribution < -0.4 is 10.1 Å². The van der Waals surface area contributed by atoms with Crippen molar-refractivity contribution in [2.45, 2.75) is 44.6 Å². The topological polar surface area (TPSA) is 21.3 Å². The van der Waals surface area contributed by atoms with E-state index in [-0.39, 0.29) is 11.4 Å². The second-order valence-corrected chi connectivity index (χ2v) is 6.07. The summed E-state index contributed by atoms with van der Waals surface area (Å²) >= 11 is 3.20. The highest BCUT2D eigenvalue weighted by Crippen LogP contribution is 2.39. The van der Waals surface area contributed by atoms with Gasteiger partial charge in [-0.15, -0.1) is 0 Å². The second kappa shape index (κ2) is 6.71. The molecular weight excluding hydrogens is 309 g/mol. The van der Waals surface area contributed by atoms with Crippen molar-refractivity contribution in [1.82, 2.24) is 5.32 Å². The Bertz CT molecular complexity index is 421. The first-order chi connectivity index (χ1) is 9.15. The van der Waals surface area contributed by atoms with Gasteiger partial charge in [0.2, 0.25) is 0 Å². The van der Waals surface area contributed by atoms with Crippen LogP contribution in [-0.4, -0.2) is 18.7 Å². The minimum absolute atomic E-state index is 0.0436. The van der Waals surface area contributed by atoms with Crippen molar-refractivity contribution in [3.05, 3.63) is 28.5 Å². The van der Waals surface area contributed by atoms with Crippen LogP contribution in [0.2, 0.25) is 0 Å². The fourth-order valence-corrected chi connectivity index (χ4v) is 2.74. The molecule has 0 bridgehead atoms.